The van der Waals surface area contributed by atoms with Gasteiger partial charge in [0.1, 0.15) is 0 Å². The zero-order valence-corrected chi connectivity index (χ0v) is 6.89. The first kappa shape index (κ1) is 8.02. The first-order valence-corrected chi connectivity index (χ1v) is 4.10. The molecule has 0 aromatic rings. The van der Waals surface area contributed by atoms with Gasteiger partial charge in [0.25, 0.3) is 0 Å². The molecule has 1 aliphatic heterocycles. The normalized spacial score (nSPS) is 27.3. The molecule has 2 nitrogen and oxygen atoms in total. The second-order valence-electron chi connectivity index (χ2n) is 3.36. The summed E-state index contributed by atoms with van der Waals surface area (Å²) in [6.45, 7) is 7.30. The zero-order valence-electron chi connectivity index (χ0n) is 6.89. The van der Waals surface area contributed by atoms with Crippen LogP contribution in [0.2, 0.25) is 0 Å². The van der Waals surface area contributed by atoms with Crippen molar-refractivity contribution < 1.29 is 4.74 Å². The molecule has 0 aliphatic carbocycles. The van der Waals surface area contributed by atoms with E-state index in [4.69, 9.17) is 4.74 Å². The molecule has 0 aromatic heterocycles. The van der Waals surface area contributed by atoms with Crippen molar-refractivity contribution in [2.24, 2.45) is 5.92 Å². The zero-order chi connectivity index (χ0) is 7.40. The van der Waals surface area contributed by atoms with Gasteiger partial charge in [-0.15, -0.1) is 0 Å². The highest BCUT2D eigenvalue weighted by atomic mass is 16.5. The summed E-state index contributed by atoms with van der Waals surface area (Å²) in [5.74, 6) is 0.777. The molecule has 2 heteroatoms. The summed E-state index contributed by atoms with van der Waals surface area (Å²) in [4.78, 5) is 0. The standard InChI is InChI=1S/C8H17NO/c1-7(2)5-8-6-10-4-3-9-8/h7-9H,3-6H2,1-2H3. The Morgan fingerprint density at radius 1 is 1.60 bits per heavy atom. The van der Waals surface area contributed by atoms with E-state index in [1.807, 2.05) is 0 Å². The van der Waals surface area contributed by atoms with Gasteiger partial charge in [-0.05, 0) is 12.3 Å². The second-order valence-corrected chi connectivity index (χ2v) is 3.36. The van der Waals surface area contributed by atoms with Crippen molar-refractivity contribution in [1.82, 2.24) is 5.32 Å². The van der Waals surface area contributed by atoms with Crippen LogP contribution in [-0.4, -0.2) is 25.8 Å². The largest absolute Gasteiger partial charge is 0.379 e. The van der Waals surface area contributed by atoms with E-state index in [0.29, 0.717) is 6.04 Å². The third-order valence-corrected chi connectivity index (χ3v) is 1.75. The summed E-state index contributed by atoms with van der Waals surface area (Å²) >= 11 is 0. The summed E-state index contributed by atoms with van der Waals surface area (Å²) in [5, 5.41) is 3.43. The molecule has 10 heavy (non-hydrogen) atoms. The van der Waals surface area contributed by atoms with E-state index in [-0.39, 0.29) is 0 Å². The summed E-state index contributed by atoms with van der Waals surface area (Å²) in [5.41, 5.74) is 0. The van der Waals surface area contributed by atoms with Crippen LogP contribution in [0.15, 0.2) is 0 Å². The van der Waals surface area contributed by atoms with Gasteiger partial charge in [-0.25, -0.2) is 0 Å². The van der Waals surface area contributed by atoms with Crippen molar-refractivity contribution >= 4 is 0 Å². The van der Waals surface area contributed by atoms with Crippen LogP contribution in [0.1, 0.15) is 20.3 Å². The van der Waals surface area contributed by atoms with E-state index in [0.717, 1.165) is 25.7 Å². The van der Waals surface area contributed by atoms with Crippen molar-refractivity contribution in [2.45, 2.75) is 26.3 Å². The Morgan fingerprint density at radius 2 is 2.40 bits per heavy atom. The van der Waals surface area contributed by atoms with Crippen molar-refractivity contribution in [2.75, 3.05) is 19.8 Å². The highest BCUT2D eigenvalue weighted by Gasteiger charge is 2.13. The van der Waals surface area contributed by atoms with E-state index in [2.05, 4.69) is 19.2 Å². The topological polar surface area (TPSA) is 21.3 Å². The molecule has 1 heterocycles. The molecule has 1 atom stereocenters. The van der Waals surface area contributed by atoms with E-state index < -0.39 is 0 Å². The lowest BCUT2D eigenvalue weighted by Crippen LogP contribution is -2.41. The Balaban J connectivity index is 2.13. The van der Waals surface area contributed by atoms with E-state index >= 15 is 0 Å². The molecule has 1 rings (SSSR count). The van der Waals surface area contributed by atoms with E-state index in [9.17, 15) is 0 Å². The summed E-state index contributed by atoms with van der Waals surface area (Å²) in [6.07, 6.45) is 1.24. The van der Waals surface area contributed by atoms with Gasteiger partial charge in [-0.2, -0.15) is 0 Å². The molecule has 0 radical (unpaired) electrons. The van der Waals surface area contributed by atoms with Crippen molar-refractivity contribution in [3.8, 4) is 0 Å². The number of hydrogen-bond acceptors (Lipinski definition) is 2. The second kappa shape index (κ2) is 3.94. The number of nitrogens with one attached hydrogen (secondary N) is 1. The fourth-order valence-electron chi connectivity index (χ4n) is 1.34. The van der Waals surface area contributed by atoms with Crippen LogP contribution in [0.3, 0.4) is 0 Å². The molecule has 1 aliphatic rings. The van der Waals surface area contributed by atoms with Crippen molar-refractivity contribution in [3.05, 3.63) is 0 Å². The third-order valence-electron chi connectivity index (χ3n) is 1.75. The molecule has 0 saturated carbocycles. The van der Waals surface area contributed by atoms with Crippen LogP contribution in [-0.2, 0) is 4.74 Å². The van der Waals surface area contributed by atoms with Gasteiger partial charge in [-0.1, -0.05) is 13.8 Å². The van der Waals surface area contributed by atoms with Gasteiger partial charge in [0.15, 0.2) is 0 Å². The Labute approximate surface area is 63.0 Å². The molecule has 0 spiro atoms. The summed E-state index contributed by atoms with van der Waals surface area (Å²) in [7, 11) is 0. The minimum atomic E-state index is 0.605. The highest BCUT2D eigenvalue weighted by molar-refractivity contribution is 4.70. The van der Waals surface area contributed by atoms with Gasteiger partial charge in [0, 0.05) is 12.6 Å². The number of morpholine rings is 1. The van der Waals surface area contributed by atoms with Gasteiger partial charge in [0.2, 0.25) is 0 Å². The number of rotatable bonds is 2. The molecular formula is C8H17NO. The SMILES string of the molecule is CC(C)CC1COCCN1. The first-order chi connectivity index (χ1) is 4.79. The molecule has 1 saturated heterocycles. The smallest absolute Gasteiger partial charge is 0.0620 e. The van der Waals surface area contributed by atoms with Crippen LogP contribution in [0, 0.1) is 5.92 Å². The van der Waals surface area contributed by atoms with Crippen LogP contribution < -0.4 is 5.32 Å². The van der Waals surface area contributed by atoms with E-state index in [1.54, 1.807) is 0 Å². The van der Waals surface area contributed by atoms with Gasteiger partial charge in [-0.3, -0.25) is 0 Å². The monoisotopic (exact) mass is 143 g/mol. The maximum absolute atomic E-state index is 5.32. The van der Waals surface area contributed by atoms with Gasteiger partial charge < -0.3 is 10.1 Å². The Kier molecular flexibility index (Phi) is 3.16. The van der Waals surface area contributed by atoms with E-state index in [1.165, 1.54) is 6.42 Å². The van der Waals surface area contributed by atoms with Crippen LogP contribution in [0.5, 0.6) is 0 Å². The minimum absolute atomic E-state index is 0.605. The Bertz CT molecular complexity index is 87.3. The summed E-state index contributed by atoms with van der Waals surface area (Å²) < 4.78 is 5.32. The van der Waals surface area contributed by atoms with Crippen LogP contribution >= 0.6 is 0 Å². The number of ether oxygens (including phenoxy) is 1. The maximum Gasteiger partial charge on any atom is 0.0620 e. The predicted molar refractivity (Wildman–Crippen MR) is 42.1 cm³/mol. The quantitative estimate of drug-likeness (QED) is 0.623. The molecule has 1 N–H and O–H groups in total. The molecule has 0 amide bonds. The Morgan fingerprint density at radius 3 is 2.90 bits per heavy atom. The lowest BCUT2D eigenvalue weighted by molar-refractivity contribution is 0.0702. The number of hydrogen-bond donors (Lipinski definition) is 1. The molecule has 1 fully saturated rings. The average Bonchev–Trinajstić information content (AvgIpc) is 1.88. The molecule has 0 aromatic carbocycles. The molecule has 60 valence electrons. The predicted octanol–water partition coefficient (Wildman–Crippen LogP) is 1.02. The lowest BCUT2D eigenvalue weighted by atomic mass is 10.0. The van der Waals surface area contributed by atoms with Crippen LogP contribution in [0.4, 0.5) is 0 Å². The Hall–Kier alpha value is -0.0800. The summed E-state index contributed by atoms with van der Waals surface area (Å²) in [6, 6.07) is 0.605. The lowest BCUT2D eigenvalue weighted by Gasteiger charge is -2.24. The first-order valence-electron chi connectivity index (χ1n) is 4.10. The molecule has 0 bridgehead atoms. The van der Waals surface area contributed by atoms with Gasteiger partial charge >= 0.3 is 0 Å². The van der Waals surface area contributed by atoms with Gasteiger partial charge in [0.05, 0.1) is 13.2 Å². The van der Waals surface area contributed by atoms with Crippen LogP contribution in [0.25, 0.3) is 0 Å². The average molecular weight is 143 g/mol. The third kappa shape index (κ3) is 2.67. The molecular weight excluding hydrogens is 126 g/mol. The fourth-order valence-corrected chi connectivity index (χ4v) is 1.34. The van der Waals surface area contributed by atoms with Crippen molar-refractivity contribution in [1.29, 1.82) is 0 Å². The van der Waals surface area contributed by atoms with Crippen molar-refractivity contribution in [3.63, 3.8) is 0 Å². The fraction of sp³-hybridized carbons (Fsp3) is 1.00. The highest BCUT2D eigenvalue weighted by Crippen LogP contribution is 2.06. The maximum atomic E-state index is 5.32. The molecule has 1 unspecified atom stereocenters. The minimum Gasteiger partial charge on any atom is -0.379 e.